The Morgan fingerprint density at radius 2 is 1.76 bits per heavy atom. The van der Waals surface area contributed by atoms with Crippen LogP contribution in [0, 0.1) is 0 Å². The van der Waals surface area contributed by atoms with Crippen LogP contribution in [0.2, 0.25) is 0 Å². The van der Waals surface area contributed by atoms with Gasteiger partial charge in [0.15, 0.2) is 0 Å². The van der Waals surface area contributed by atoms with Gasteiger partial charge in [-0.25, -0.2) is 0 Å². The standard InChI is InChI=1S/C18H22N2O/c1-2-18(21)20-17-12-6-11-16(14-17)19-13-7-10-15-8-4-3-5-9-15/h3-6,8-9,11-12,14,19H,2,7,10,13H2,1H3,(H,20,21). The third-order valence-electron chi connectivity index (χ3n) is 3.28. The highest BCUT2D eigenvalue weighted by Crippen LogP contribution is 2.15. The summed E-state index contributed by atoms with van der Waals surface area (Å²) in [5.41, 5.74) is 3.25. The van der Waals surface area contributed by atoms with Crippen molar-refractivity contribution in [3.05, 3.63) is 60.2 Å². The van der Waals surface area contributed by atoms with E-state index in [0.29, 0.717) is 6.42 Å². The summed E-state index contributed by atoms with van der Waals surface area (Å²) in [6.07, 6.45) is 2.64. The van der Waals surface area contributed by atoms with Gasteiger partial charge in [-0.05, 0) is 36.6 Å². The molecule has 2 aromatic carbocycles. The Balaban J connectivity index is 1.78. The monoisotopic (exact) mass is 282 g/mol. The summed E-state index contributed by atoms with van der Waals surface area (Å²) in [7, 11) is 0. The molecule has 0 saturated carbocycles. The third kappa shape index (κ3) is 5.30. The third-order valence-corrected chi connectivity index (χ3v) is 3.28. The molecule has 0 fully saturated rings. The zero-order valence-electron chi connectivity index (χ0n) is 12.4. The van der Waals surface area contributed by atoms with Crippen LogP contribution in [0.4, 0.5) is 11.4 Å². The van der Waals surface area contributed by atoms with Crippen LogP contribution in [0.1, 0.15) is 25.3 Å². The van der Waals surface area contributed by atoms with Crippen molar-refractivity contribution in [2.45, 2.75) is 26.2 Å². The smallest absolute Gasteiger partial charge is 0.224 e. The highest BCUT2D eigenvalue weighted by Gasteiger charge is 2.00. The second kappa shape index (κ2) is 8.10. The number of hydrogen-bond donors (Lipinski definition) is 2. The van der Waals surface area contributed by atoms with Gasteiger partial charge < -0.3 is 10.6 Å². The van der Waals surface area contributed by atoms with Gasteiger partial charge in [-0.2, -0.15) is 0 Å². The van der Waals surface area contributed by atoms with E-state index in [1.807, 2.05) is 37.3 Å². The Morgan fingerprint density at radius 1 is 1.00 bits per heavy atom. The fraction of sp³-hybridized carbons (Fsp3) is 0.278. The van der Waals surface area contributed by atoms with Gasteiger partial charge in [-0.3, -0.25) is 4.79 Å². The molecule has 2 rings (SSSR count). The summed E-state index contributed by atoms with van der Waals surface area (Å²) in [5, 5.41) is 6.26. The molecule has 1 amide bonds. The first kappa shape index (κ1) is 15.1. The zero-order valence-corrected chi connectivity index (χ0v) is 12.4. The van der Waals surface area contributed by atoms with Crippen molar-refractivity contribution in [1.82, 2.24) is 0 Å². The molecule has 21 heavy (non-hydrogen) atoms. The number of carbonyl (C=O) groups is 1. The van der Waals surface area contributed by atoms with Gasteiger partial charge in [0, 0.05) is 24.3 Å². The Kier molecular flexibility index (Phi) is 5.83. The highest BCUT2D eigenvalue weighted by atomic mass is 16.1. The van der Waals surface area contributed by atoms with Gasteiger partial charge in [-0.15, -0.1) is 0 Å². The molecule has 0 radical (unpaired) electrons. The number of anilines is 2. The molecule has 110 valence electrons. The van der Waals surface area contributed by atoms with Crippen molar-refractivity contribution < 1.29 is 4.79 Å². The van der Waals surface area contributed by atoms with Crippen molar-refractivity contribution in [2.24, 2.45) is 0 Å². The maximum Gasteiger partial charge on any atom is 0.224 e. The Hall–Kier alpha value is -2.29. The maximum atomic E-state index is 11.4. The Morgan fingerprint density at radius 3 is 2.52 bits per heavy atom. The first-order valence-corrected chi connectivity index (χ1v) is 7.45. The van der Waals surface area contributed by atoms with Crippen LogP contribution >= 0.6 is 0 Å². The van der Waals surface area contributed by atoms with Crippen LogP contribution in [0.5, 0.6) is 0 Å². The number of carbonyl (C=O) groups excluding carboxylic acids is 1. The number of benzene rings is 2. The molecule has 3 heteroatoms. The van der Waals surface area contributed by atoms with Gasteiger partial charge in [0.25, 0.3) is 0 Å². The van der Waals surface area contributed by atoms with Crippen LogP contribution < -0.4 is 10.6 Å². The van der Waals surface area contributed by atoms with Gasteiger partial charge in [-0.1, -0.05) is 43.3 Å². The van der Waals surface area contributed by atoms with Crippen LogP contribution in [0.3, 0.4) is 0 Å². The van der Waals surface area contributed by atoms with E-state index in [-0.39, 0.29) is 5.91 Å². The number of hydrogen-bond acceptors (Lipinski definition) is 2. The first-order chi connectivity index (χ1) is 10.3. The molecule has 0 spiro atoms. The lowest BCUT2D eigenvalue weighted by atomic mass is 10.1. The molecule has 0 bridgehead atoms. The lowest BCUT2D eigenvalue weighted by Gasteiger charge is -2.09. The average Bonchev–Trinajstić information content (AvgIpc) is 2.53. The van der Waals surface area contributed by atoms with Crippen LogP contribution in [-0.4, -0.2) is 12.5 Å². The van der Waals surface area contributed by atoms with Crippen LogP contribution in [0.25, 0.3) is 0 Å². The van der Waals surface area contributed by atoms with E-state index in [9.17, 15) is 4.79 Å². The molecule has 2 N–H and O–H groups in total. The molecule has 0 atom stereocenters. The fourth-order valence-corrected chi connectivity index (χ4v) is 2.13. The van der Waals surface area contributed by atoms with Crippen LogP contribution in [0.15, 0.2) is 54.6 Å². The van der Waals surface area contributed by atoms with Crippen molar-refractivity contribution >= 4 is 17.3 Å². The lowest BCUT2D eigenvalue weighted by molar-refractivity contribution is -0.115. The minimum absolute atomic E-state index is 0.0382. The molecule has 0 aliphatic heterocycles. The molecule has 0 aliphatic carbocycles. The summed E-state index contributed by atoms with van der Waals surface area (Å²) >= 11 is 0. The number of amides is 1. The SMILES string of the molecule is CCC(=O)Nc1cccc(NCCCc2ccccc2)c1. The minimum Gasteiger partial charge on any atom is -0.385 e. The van der Waals surface area contributed by atoms with Crippen molar-refractivity contribution in [2.75, 3.05) is 17.2 Å². The first-order valence-electron chi connectivity index (χ1n) is 7.45. The van der Waals surface area contributed by atoms with Crippen LogP contribution in [-0.2, 0) is 11.2 Å². The minimum atomic E-state index is 0.0382. The normalized spacial score (nSPS) is 10.1. The topological polar surface area (TPSA) is 41.1 Å². The van der Waals surface area contributed by atoms with E-state index in [2.05, 4.69) is 34.9 Å². The predicted octanol–water partition coefficient (Wildman–Crippen LogP) is 4.08. The molecule has 2 aromatic rings. The molecule has 0 heterocycles. The van der Waals surface area contributed by atoms with E-state index in [1.165, 1.54) is 5.56 Å². The highest BCUT2D eigenvalue weighted by molar-refractivity contribution is 5.90. The molecule has 0 aliphatic rings. The lowest BCUT2D eigenvalue weighted by Crippen LogP contribution is -2.10. The number of aryl methyl sites for hydroxylation is 1. The average molecular weight is 282 g/mol. The Labute approximate surface area is 126 Å². The maximum absolute atomic E-state index is 11.4. The molecule has 3 nitrogen and oxygen atoms in total. The predicted molar refractivity (Wildman–Crippen MR) is 88.6 cm³/mol. The second-order valence-corrected chi connectivity index (χ2v) is 5.00. The molecule has 0 unspecified atom stereocenters. The number of rotatable bonds is 7. The Bertz CT molecular complexity index is 566. The quantitative estimate of drug-likeness (QED) is 0.751. The molecule has 0 saturated heterocycles. The van der Waals surface area contributed by atoms with Gasteiger partial charge >= 0.3 is 0 Å². The second-order valence-electron chi connectivity index (χ2n) is 5.00. The summed E-state index contributed by atoms with van der Waals surface area (Å²) in [4.78, 5) is 11.4. The van der Waals surface area contributed by atoms with Crippen molar-refractivity contribution in [3.8, 4) is 0 Å². The van der Waals surface area contributed by atoms with E-state index < -0.39 is 0 Å². The van der Waals surface area contributed by atoms with E-state index in [0.717, 1.165) is 30.8 Å². The summed E-state index contributed by atoms with van der Waals surface area (Å²) < 4.78 is 0. The summed E-state index contributed by atoms with van der Waals surface area (Å²) in [5.74, 6) is 0.0382. The zero-order chi connectivity index (χ0) is 14.9. The van der Waals surface area contributed by atoms with Crippen molar-refractivity contribution in [3.63, 3.8) is 0 Å². The molecule has 0 aromatic heterocycles. The summed E-state index contributed by atoms with van der Waals surface area (Å²) in [6, 6.07) is 18.3. The van der Waals surface area contributed by atoms with Gasteiger partial charge in [0.1, 0.15) is 0 Å². The molecular weight excluding hydrogens is 260 g/mol. The largest absolute Gasteiger partial charge is 0.385 e. The summed E-state index contributed by atoms with van der Waals surface area (Å²) in [6.45, 7) is 2.76. The van der Waals surface area contributed by atoms with Gasteiger partial charge in [0.05, 0.1) is 0 Å². The van der Waals surface area contributed by atoms with E-state index >= 15 is 0 Å². The fourth-order valence-electron chi connectivity index (χ4n) is 2.13. The van der Waals surface area contributed by atoms with Crippen molar-refractivity contribution in [1.29, 1.82) is 0 Å². The number of nitrogens with one attached hydrogen (secondary N) is 2. The van der Waals surface area contributed by atoms with Gasteiger partial charge in [0.2, 0.25) is 5.91 Å². The molecular formula is C18H22N2O. The van der Waals surface area contributed by atoms with E-state index in [1.54, 1.807) is 0 Å². The van der Waals surface area contributed by atoms with E-state index in [4.69, 9.17) is 0 Å².